The lowest BCUT2D eigenvalue weighted by Gasteiger charge is -2.13. The number of hydrogen-bond donors (Lipinski definition) is 1. The summed E-state index contributed by atoms with van der Waals surface area (Å²) in [5, 5.41) is 9.33. The van der Waals surface area contributed by atoms with Gasteiger partial charge in [0.05, 0.1) is 23.5 Å². The van der Waals surface area contributed by atoms with E-state index in [1.165, 1.54) is 23.5 Å². The first kappa shape index (κ1) is 13.3. The Bertz CT molecular complexity index is 498. The number of rotatable bonds is 5. The van der Waals surface area contributed by atoms with Crippen molar-refractivity contribution in [3.63, 3.8) is 0 Å². The summed E-state index contributed by atoms with van der Waals surface area (Å²) in [7, 11) is 0. The van der Waals surface area contributed by atoms with Gasteiger partial charge in [0.25, 0.3) is 0 Å². The smallest absolute Gasteiger partial charge is 0.123 e. The van der Waals surface area contributed by atoms with E-state index in [9.17, 15) is 9.50 Å². The van der Waals surface area contributed by atoms with Crippen LogP contribution in [0, 0.1) is 5.82 Å². The van der Waals surface area contributed by atoms with Crippen LogP contribution < -0.4 is 4.74 Å². The summed E-state index contributed by atoms with van der Waals surface area (Å²) in [6.45, 7) is 0.316. The molecule has 0 aliphatic carbocycles. The van der Waals surface area contributed by atoms with Crippen molar-refractivity contribution in [2.45, 2.75) is 5.92 Å². The Labute approximate surface area is 114 Å². The topological polar surface area (TPSA) is 29.5 Å². The average molecular weight is 287 g/mol. The number of ether oxygens (including phenoxy) is 1. The van der Waals surface area contributed by atoms with Gasteiger partial charge in [-0.2, -0.15) is 0 Å². The van der Waals surface area contributed by atoms with Gasteiger partial charge in [0.15, 0.2) is 0 Å². The van der Waals surface area contributed by atoms with Crippen molar-refractivity contribution in [1.29, 1.82) is 0 Å². The molecule has 0 radical (unpaired) electrons. The zero-order valence-electron chi connectivity index (χ0n) is 9.48. The third-order valence-corrected chi connectivity index (χ3v) is 3.88. The molecule has 1 unspecified atom stereocenters. The van der Waals surface area contributed by atoms with Crippen molar-refractivity contribution in [2.75, 3.05) is 13.2 Å². The normalized spacial score (nSPS) is 12.4. The minimum atomic E-state index is -0.300. The lowest BCUT2D eigenvalue weighted by Crippen LogP contribution is -2.12. The van der Waals surface area contributed by atoms with Gasteiger partial charge in [-0.15, -0.1) is 11.3 Å². The number of benzene rings is 1. The van der Waals surface area contributed by atoms with Crippen LogP contribution >= 0.6 is 22.9 Å². The molecule has 0 amide bonds. The molecule has 0 aliphatic heterocycles. The van der Waals surface area contributed by atoms with E-state index in [0.717, 1.165) is 4.88 Å². The number of halogens is 2. The fourth-order valence-electron chi connectivity index (χ4n) is 1.50. The number of aliphatic hydroxyl groups is 1. The Morgan fingerprint density at radius 1 is 1.22 bits per heavy atom. The molecule has 1 N–H and O–H groups in total. The van der Waals surface area contributed by atoms with Crippen LogP contribution in [0.25, 0.3) is 0 Å². The third kappa shape index (κ3) is 3.45. The highest BCUT2D eigenvalue weighted by atomic mass is 35.5. The van der Waals surface area contributed by atoms with E-state index >= 15 is 0 Å². The summed E-state index contributed by atoms with van der Waals surface area (Å²) in [4.78, 5) is 0.976. The molecule has 0 bridgehead atoms. The second-order valence-corrected chi connectivity index (χ2v) is 5.53. The highest BCUT2D eigenvalue weighted by Crippen LogP contribution is 2.28. The Morgan fingerprint density at radius 2 is 1.94 bits per heavy atom. The Kier molecular flexibility index (Phi) is 4.58. The highest BCUT2D eigenvalue weighted by molar-refractivity contribution is 7.16. The lowest BCUT2D eigenvalue weighted by atomic mass is 10.1. The molecule has 1 heterocycles. The van der Waals surface area contributed by atoms with E-state index in [-0.39, 0.29) is 18.3 Å². The molecule has 0 saturated heterocycles. The van der Waals surface area contributed by atoms with Crippen LogP contribution in [-0.2, 0) is 0 Å². The minimum Gasteiger partial charge on any atom is -0.493 e. The molecule has 0 fully saturated rings. The molecule has 2 nitrogen and oxygen atoms in total. The molecule has 0 spiro atoms. The van der Waals surface area contributed by atoms with Crippen molar-refractivity contribution in [1.82, 2.24) is 0 Å². The maximum Gasteiger partial charge on any atom is 0.123 e. The molecule has 18 heavy (non-hydrogen) atoms. The first-order chi connectivity index (χ1) is 8.69. The van der Waals surface area contributed by atoms with Crippen molar-refractivity contribution < 1.29 is 14.2 Å². The molecule has 96 valence electrons. The second kappa shape index (κ2) is 6.18. The fourth-order valence-corrected chi connectivity index (χ4v) is 2.64. The zero-order chi connectivity index (χ0) is 13.0. The fraction of sp³-hybridized carbons (Fsp3) is 0.231. The molecule has 2 aromatic rings. The molecule has 2 rings (SSSR count). The van der Waals surface area contributed by atoms with E-state index in [2.05, 4.69) is 0 Å². The van der Waals surface area contributed by atoms with Crippen LogP contribution in [0.15, 0.2) is 36.4 Å². The Hall–Kier alpha value is -1.10. The van der Waals surface area contributed by atoms with Crippen molar-refractivity contribution >= 4 is 22.9 Å². The monoisotopic (exact) mass is 286 g/mol. The molecule has 1 aromatic carbocycles. The molecule has 0 aliphatic rings. The van der Waals surface area contributed by atoms with Gasteiger partial charge < -0.3 is 9.84 Å². The highest BCUT2D eigenvalue weighted by Gasteiger charge is 2.13. The molecule has 1 aromatic heterocycles. The number of thiophene rings is 1. The van der Waals surface area contributed by atoms with E-state index in [0.29, 0.717) is 16.7 Å². The molecular formula is C13H12ClFO2S. The molecule has 0 saturated carbocycles. The summed E-state index contributed by atoms with van der Waals surface area (Å²) in [6, 6.07) is 9.47. The van der Waals surface area contributed by atoms with Crippen LogP contribution in [-0.4, -0.2) is 18.3 Å². The van der Waals surface area contributed by atoms with Crippen molar-refractivity contribution in [3.05, 3.63) is 51.4 Å². The number of hydrogen-bond acceptors (Lipinski definition) is 3. The average Bonchev–Trinajstić information content (AvgIpc) is 2.79. The maximum absolute atomic E-state index is 12.7. The summed E-state index contributed by atoms with van der Waals surface area (Å²) in [5.41, 5.74) is 0. The van der Waals surface area contributed by atoms with Gasteiger partial charge in [-0.3, -0.25) is 0 Å². The summed E-state index contributed by atoms with van der Waals surface area (Å²) in [6.07, 6.45) is 0. The molecule has 5 heteroatoms. The number of aliphatic hydroxyl groups excluding tert-OH is 1. The van der Waals surface area contributed by atoms with Crippen LogP contribution in [0.3, 0.4) is 0 Å². The predicted octanol–water partition coefficient (Wildman–Crippen LogP) is 3.70. The van der Waals surface area contributed by atoms with E-state index in [1.54, 1.807) is 18.2 Å². The zero-order valence-corrected chi connectivity index (χ0v) is 11.0. The third-order valence-electron chi connectivity index (χ3n) is 2.48. The summed E-state index contributed by atoms with van der Waals surface area (Å²) < 4.78 is 18.9. The van der Waals surface area contributed by atoms with Gasteiger partial charge in [-0.25, -0.2) is 4.39 Å². The van der Waals surface area contributed by atoms with Crippen LogP contribution in [0.2, 0.25) is 4.34 Å². The maximum atomic E-state index is 12.7. The summed E-state index contributed by atoms with van der Waals surface area (Å²) >= 11 is 7.27. The standard InChI is InChI=1S/C13H12ClFO2S/c14-13-6-5-12(18-13)9(7-16)8-17-11-3-1-10(15)2-4-11/h1-6,9,16H,7-8H2. The first-order valence-electron chi connectivity index (χ1n) is 5.43. The molecular weight excluding hydrogens is 275 g/mol. The first-order valence-corrected chi connectivity index (χ1v) is 6.63. The quantitative estimate of drug-likeness (QED) is 0.908. The van der Waals surface area contributed by atoms with E-state index in [1.807, 2.05) is 6.07 Å². The van der Waals surface area contributed by atoms with Gasteiger partial charge in [-0.05, 0) is 36.4 Å². The van der Waals surface area contributed by atoms with Crippen LogP contribution in [0.4, 0.5) is 4.39 Å². The van der Waals surface area contributed by atoms with Gasteiger partial charge in [0.1, 0.15) is 11.6 Å². The van der Waals surface area contributed by atoms with E-state index in [4.69, 9.17) is 16.3 Å². The largest absolute Gasteiger partial charge is 0.493 e. The van der Waals surface area contributed by atoms with Gasteiger partial charge in [0.2, 0.25) is 0 Å². The van der Waals surface area contributed by atoms with Gasteiger partial charge in [-0.1, -0.05) is 11.6 Å². The SMILES string of the molecule is OCC(COc1ccc(F)cc1)c1ccc(Cl)s1. The lowest BCUT2D eigenvalue weighted by molar-refractivity contribution is 0.206. The van der Waals surface area contributed by atoms with E-state index < -0.39 is 0 Å². The molecule has 1 atom stereocenters. The van der Waals surface area contributed by atoms with Gasteiger partial charge >= 0.3 is 0 Å². The van der Waals surface area contributed by atoms with Crippen LogP contribution in [0.5, 0.6) is 5.75 Å². The van der Waals surface area contributed by atoms with Crippen LogP contribution in [0.1, 0.15) is 10.8 Å². The predicted molar refractivity (Wildman–Crippen MR) is 71.1 cm³/mol. The second-order valence-electron chi connectivity index (χ2n) is 3.79. The van der Waals surface area contributed by atoms with Crippen molar-refractivity contribution in [3.8, 4) is 5.75 Å². The Balaban J connectivity index is 1.97. The summed E-state index contributed by atoms with van der Waals surface area (Å²) in [5.74, 6) is 0.163. The minimum absolute atomic E-state index is 0.0158. The Morgan fingerprint density at radius 3 is 2.50 bits per heavy atom. The van der Waals surface area contributed by atoms with Gasteiger partial charge in [0, 0.05) is 4.88 Å². The van der Waals surface area contributed by atoms with Crippen molar-refractivity contribution in [2.24, 2.45) is 0 Å².